The molecule has 2 aromatic heterocycles. The summed E-state index contributed by atoms with van der Waals surface area (Å²) in [7, 11) is 0. The molecule has 21 heavy (non-hydrogen) atoms. The van der Waals surface area contributed by atoms with Crippen LogP contribution in [0.1, 0.15) is 41.2 Å². The van der Waals surface area contributed by atoms with Crippen LogP contribution >= 0.6 is 11.3 Å². The van der Waals surface area contributed by atoms with Gasteiger partial charge < -0.3 is 10.2 Å². The number of carbonyl (C=O) groups is 1. The van der Waals surface area contributed by atoms with E-state index in [9.17, 15) is 4.79 Å². The van der Waals surface area contributed by atoms with Crippen LogP contribution in [0.4, 0.5) is 5.95 Å². The molecular formula is C14H17N5OS. The second kappa shape index (κ2) is 6.17. The molecule has 1 aliphatic heterocycles. The zero-order chi connectivity index (χ0) is 14.7. The molecular weight excluding hydrogens is 286 g/mol. The first-order chi connectivity index (χ1) is 10.3. The van der Waals surface area contributed by atoms with Crippen molar-refractivity contribution in [3.8, 4) is 0 Å². The molecule has 3 heterocycles. The van der Waals surface area contributed by atoms with Gasteiger partial charge in [0, 0.05) is 37.1 Å². The Hall–Kier alpha value is -2.02. The van der Waals surface area contributed by atoms with Crippen LogP contribution < -0.4 is 5.32 Å². The molecule has 110 valence electrons. The van der Waals surface area contributed by atoms with Gasteiger partial charge in [-0.1, -0.05) is 0 Å². The van der Waals surface area contributed by atoms with Gasteiger partial charge in [0.05, 0.1) is 11.6 Å². The molecule has 1 saturated heterocycles. The molecule has 0 spiro atoms. The molecule has 0 aliphatic carbocycles. The number of carbonyl (C=O) groups excluding carboxylic acids is 1. The average molecular weight is 303 g/mol. The van der Waals surface area contributed by atoms with Crippen LogP contribution in [-0.4, -0.2) is 38.8 Å². The molecule has 1 amide bonds. The molecule has 1 unspecified atom stereocenters. The van der Waals surface area contributed by atoms with Crippen molar-refractivity contribution in [1.29, 1.82) is 0 Å². The number of nitrogens with zero attached hydrogens (tertiary/aromatic N) is 4. The van der Waals surface area contributed by atoms with E-state index in [2.05, 4.69) is 20.3 Å². The smallest absolute Gasteiger partial charge is 0.257 e. The Labute approximate surface area is 127 Å². The Morgan fingerprint density at radius 3 is 2.90 bits per heavy atom. The van der Waals surface area contributed by atoms with Crippen LogP contribution in [0.15, 0.2) is 24.0 Å². The van der Waals surface area contributed by atoms with E-state index in [0.717, 1.165) is 30.9 Å². The summed E-state index contributed by atoms with van der Waals surface area (Å²) in [6.45, 7) is 3.49. The van der Waals surface area contributed by atoms with Gasteiger partial charge in [-0.3, -0.25) is 4.79 Å². The zero-order valence-electron chi connectivity index (χ0n) is 11.8. The molecule has 0 aromatic carbocycles. The molecule has 3 rings (SSSR count). The minimum absolute atomic E-state index is 0.0178. The summed E-state index contributed by atoms with van der Waals surface area (Å²) in [6.07, 6.45) is 6.94. The van der Waals surface area contributed by atoms with E-state index in [1.807, 2.05) is 17.2 Å². The maximum Gasteiger partial charge on any atom is 0.257 e. The zero-order valence-corrected chi connectivity index (χ0v) is 12.6. The van der Waals surface area contributed by atoms with Crippen LogP contribution in [0.5, 0.6) is 0 Å². The Morgan fingerprint density at radius 2 is 2.24 bits per heavy atom. The average Bonchev–Trinajstić information content (AvgIpc) is 3.18. The third-order valence-corrected chi connectivity index (χ3v) is 4.36. The Balaban J connectivity index is 1.77. The van der Waals surface area contributed by atoms with Crippen LogP contribution in [0.2, 0.25) is 0 Å². The summed E-state index contributed by atoms with van der Waals surface area (Å²) in [4.78, 5) is 27.2. The highest BCUT2D eigenvalue weighted by molar-refractivity contribution is 7.09. The van der Waals surface area contributed by atoms with Crippen molar-refractivity contribution in [2.24, 2.45) is 0 Å². The lowest BCUT2D eigenvalue weighted by atomic mass is 10.2. The lowest BCUT2D eigenvalue weighted by Gasteiger charge is -2.22. The van der Waals surface area contributed by atoms with Crippen molar-refractivity contribution in [1.82, 2.24) is 19.9 Å². The minimum atomic E-state index is -0.0178. The van der Waals surface area contributed by atoms with Gasteiger partial charge in [-0.2, -0.15) is 0 Å². The van der Waals surface area contributed by atoms with Gasteiger partial charge in [-0.15, -0.1) is 11.3 Å². The lowest BCUT2D eigenvalue weighted by Crippen LogP contribution is -2.30. The Bertz CT molecular complexity index is 598. The second-order valence-electron chi connectivity index (χ2n) is 4.85. The van der Waals surface area contributed by atoms with E-state index in [1.165, 1.54) is 0 Å². The van der Waals surface area contributed by atoms with Gasteiger partial charge in [0.2, 0.25) is 5.95 Å². The number of hydrogen-bond acceptors (Lipinski definition) is 6. The summed E-state index contributed by atoms with van der Waals surface area (Å²) >= 11 is 1.60. The highest BCUT2D eigenvalue weighted by Gasteiger charge is 2.32. The molecule has 1 aliphatic rings. The maximum atomic E-state index is 12.6. The first kappa shape index (κ1) is 13.9. The molecule has 0 radical (unpaired) electrons. The molecule has 0 bridgehead atoms. The van der Waals surface area contributed by atoms with Gasteiger partial charge in [0.1, 0.15) is 5.01 Å². The predicted octanol–water partition coefficient (Wildman–Crippen LogP) is 2.34. The SMILES string of the molecule is CCNc1ncc(C(=O)N2CCCC2c2nccs2)cn1. The first-order valence-corrected chi connectivity index (χ1v) is 7.94. The van der Waals surface area contributed by atoms with E-state index in [1.54, 1.807) is 29.9 Å². The van der Waals surface area contributed by atoms with Crippen LogP contribution in [0.25, 0.3) is 0 Å². The molecule has 1 N–H and O–H groups in total. The second-order valence-corrected chi connectivity index (χ2v) is 5.78. The molecule has 7 heteroatoms. The lowest BCUT2D eigenvalue weighted by molar-refractivity contribution is 0.0734. The summed E-state index contributed by atoms with van der Waals surface area (Å²) in [5, 5.41) is 5.97. The number of nitrogens with one attached hydrogen (secondary N) is 1. The minimum Gasteiger partial charge on any atom is -0.355 e. The van der Waals surface area contributed by atoms with Crippen molar-refractivity contribution < 1.29 is 4.79 Å². The maximum absolute atomic E-state index is 12.6. The first-order valence-electron chi connectivity index (χ1n) is 7.06. The van der Waals surface area contributed by atoms with Crippen molar-refractivity contribution in [2.45, 2.75) is 25.8 Å². The fourth-order valence-corrected chi connectivity index (χ4v) is 3.30. The normalized spacial score (nSPS) is 18.0. The van der Waals surface area contributed by atoms with Crippen molar-refractivity contribution >= 4 is 23.2 Å². The molecule has 1 atom stereocenters. The standard InChI is InChI=1S/C14H17N5OS/c1-2-15-14-17-8-10(9-18-14)13(20)19-6-3-4-11(19)12-16-5-7-21-12/h5,7-9,11H,2-4,6H2,1H3,(H,15,17,18). The molecule has 0 saturated carbocycles. The van der Waals surface area contributed by atoms with Gasteiger partial charge >= 0.3 is 0 Å². The van der Waals surface area contributed by atoms with E-state index in [-0.39, 0.29) is 11.9 Å². The van der Waals surface area contributed by atoms with E-state index in [4.69, 9.17) is 0 Å². The van der Waals surface area contributed by atoms with Gasteiger partial charge in [-0.05, 0) is 19.8 Å². The summed E-state index contributed by atoms with van der Waals surface area (Å²) in [5.74, 6) is 0.530. The molecule has 2 aromatic rings. The highest BCUT2D eigenvalue weighted by Crippen LogP contribution is 2.33. The number of hydrogen-bond donors (Lipinski definition) is 1. The van der Waals surface area contributed by atoms with Crippen molar-refractivity contribution in [2.75, 3.05) is 18.4 Å². The van der Waals surface area contributed by atoms with E-state index >= 15 is 0 Å². The molecule has 1 fully saturated rings. The third-order valence-electron chi connectivity index (χ3n) is 3.48. The third kappa shape index (κ3) is 2.87. The van der Waals surface area contributed by atoms with E-state index in [0.29, 0.717) is 11.5 Å². The summed E-state index contributed by atoms with van der Waals surface area (Å²) in [5.41, 5.74) is 0.528. The molecule has 6 nitrogen and oxygen atoms in total. The van der Waals surface area contributed by atoms with Crippen LogP contribution in [0.3, 0.4) is 0 Å². The Morgan fingerprint density at radius 1 is 1.43 bits per heavy atom. The van der Waals surface area contributed by atoms with Gasteiger partial charge in [0.15, 0.2) is 0 Å². The summed E-state index contributed by atoms with van der Waals surface area (Å²) in [6, 6.07) is 0.0888. The highest BCUT2D eigenvalue weighted by atomic mass is 32.1. The van der Waals surface area contributed by atoms with E-state index < -0.39 is 0 Å². The monoisotopic (exact) mass is 303 g/mol. The number of anilines is 1. The number of rotatable bonds is 4. The fraction of sp³-hybridized carbons (Fsp3) is 0.429. The van der Waals surface area contributed by atoms with Crippen LogP contribution in [0, 0.1) is 0 Å². The number of likely N-dealkylation sites (tertiary alicyclic amines) is 1. The van der Waals surface area contributed by atoms with Gasteiger partial charge in [-0.25, -0.2) is 15.0 Å². The largest absolute Gasteiger partial charge is 0.355 e. The quantitative estimate of drug-likeness (QED) is 0.938. The van der Waals surface area contributed by atoms with Crippen molar-refractivity contribution in [3.63, 3.8) is 0 Å². The van der Waals surface area contributed by atoms with Gasteiger partial charge in [0.25, 0.3) is 5.91 Å². The predicted molar refractivity (Wildman–Crippen MR) is 81.3 cm³/mol. The summed E-state index contributed by atoms with van der Waals surface area (Å²) < 4.78 is 0. The van der Waals surface area contributed by atoms with Crippen LogP contribution in [-0.2, 0) is 0 Å². The number of aromatic nitrogens is 3. The van der Waals surface area contributed by atoms with Crippen molar-refractivity contribution in [3.05, 3.63) is 34.5 Å². The number of thiazole rings is 1. The fourth-order valence-electron chi connectivity index (χ4n) is 2.52. The number of amides is 1. The topological polar surface area (TPSA) is 71.0 Å². The Kier molecular flexibility index (Phi) is 4.10.